The second kappa shape index (κ2) is 12.2. The zero-order valence-electron chi connectivity index (χ0n) is 18.2. The quantitative estimate of drug-likeness (QED) is 0.269. The minimum atomic E-state index is -1.19. The van der Waals surface area contributed by atoms with E-state index in [9.17, 15) is 29.4 Å². The molecule has 2 rings (SSSR count). The molecule has 0 unspecified atom stereocenters. The molecule has 0 bridgehead atoms. The lowest BCUT2D eigenvalue weighted by Crippen LogP contribution is -2.52. The van der Waals surface area contributed by atoms with Gasteiger partial charge in [0.05, 0.1) is 12.6 Å². The monoisotopic (exact) mass is 456 g/mol. The Morgan fingerprint density at radius 1 is 0.879 bits per heavy atom. The van der Waals surface area contributed by atoms with Crippen LogP contribution in [0.15, 0.2) is 54.6 Å². The Labute approximate surface area is 191 Å². The smallest absolute Gasteiger partial charge is 0.326 e. The van der Waals surface area contributed by atoms with Crippen molar-refractivity contribution in [3.05, 3.63) is 65.7 Å². The van der Waals surface area contributed by atoms with Crippen molar-refractivity contribution in [2.24, 2.45) is 5.73 Å². The van der Waals surface area contributed by atoms with Gasteiger partial charge in [0.2, 0.25) is 17.7 Å². The molecule has 0 heterocycles. The van der Waals surface area contributed by atoms with Crippen molar-refractivity contribution >= 4 is 23.7 Å². The second-order valence-electron chi connectivity index (χ2n) is 7.57. The van der Waals surface area contributed by atoms with Gasteiger partial charge in [-0.1, -0.05) is 42.5 Å². The number of carboxylic acids is 1. The summed E-state index contributed by atoms with van der Waals surface area (Å²) in [7, 11) is 0. The first-order valence-corrected chi connectivity index (χ1v) is 10.3. The standard InChI is InChI=1S/C23H28N4O6/c1-14(26-22(31)18(24)11-16-7-9-17(28)10-8-16)21(30)25-13-20(29)27-19(23(32)33)12-15-5-3-2-4-6-15/h2-10,14,18-19,28H,11-13,24H2,1H3,(H,25,30)(H,26,31)(H,27,29)(H,32,33)/t14-,18+,19+/m1/s1. The summed E-state index contributed by atoms with van der Waals surface area (Å²) >= 11 is 0. The zero-order valence-corrected chi connectivity index (χ0v) is 18.2. The van der Waals surface area contributed by atoms with E-state index in [1.165, 1.54) is 19.1 Å². The van der Waals surface area contributed by atoms with E-state index in [4.69, 9.17) is 5.73 Å². The van der Waals surface area contributed by atoms with Gasteiger partial charge in [0.25, 0.3) is 0 Å². The van der Waals surface area contributed by atoms with Crippen molar-refractivity contribution in [3.63, 3.8) is 0 Å². The molecule has 0 aromatic heterocycles. The Bertz CT molecular complexity index is 965. The molecule has 3 amide bonds. The minimum absolute atomic E-state index is 0.0980. The maximum absolute atomic E-state index is 12.3. The number of phenolic OH excluding ortho intramolecular Hbond substituents is 1. The number of amides is 3. The summed E-state index contributed by atoms with van der Waals surface area (Å²) < 4.78 is 0. The topological polar surface area (TPSA) is 171 Å². The number of aromatic hydroxyl groups is 1. The average Bonchev–Trinajstić information content (AvgIpc) is 2.79. The Kier molecular flexibility index (Phi) is 9.37. The average molecular weight is 456 g/mol. The lowest BCUT2D eigenvalue weighted by atomic mass is 10.1. The highest BCUT2D eigenvalue weighted by Gasteiger charge is 2.23. The van der Waals surface area contributed by atoms with E-state index in [0.717, 1.165) is 11.1 Å². The van der Waals surface area contributed by atoms with E-state index in [0.29, 0.717) is 0 Å². The third-order valence-corrected chi connectivity index (χ3v) is 4.82. The summed E-state index contributed by atoms with van der Waals surface area (Å²) in [6, 6.07) is 12.1. The summed E-state index contributed by atoms with van der Waals surface area (Å²) in [5.74, 6) is -2.94. The number of aliphatic carboxylic acids is 1. The number of hydrogen-bond acceptors (Lipinski definition) is 6. The number of benzene rings is 2. The fourth-order valence-electron chi connectivity index (χ4n) is 2.98. The highest BCUT2D eigenvalue weighted by molar-refractivity contribution is 5.92. The molecule has 3 atom stereocenters. The van der Waals surface area contributed by atoms with Gasteiger partial charge in [-0.25, -0.2) is 4.79 Å². The fourth-order valence-corrected chi connectivity index (χ4v) is 2.98. The molecule has 10 heteroatoms. The SMILES string of the molecule is C[C@@H](NC(=O)[C@@H](N)Cc1ccc(O)cc1)C(=O)NCC(=O)N[C@@H](Cc1ccccc1)C(=O)O. The van der Waals surface area contributed by atoms with Crippen LogP contribution in [-0.2, 0) is 32.0 Å². The lowest BCUT2D eigenvalue weighted by Gasteiger charge is -2.18. The van der Waals surface area contributed by atoms with Crippen LogP contribution in [-0.4, -0.2) is 58.6 Å². The predicted octanol–water partition coefficient (Wildman–Crippen LogP) is -0.305. The molecule has 0 aliphatic rings. The highest BCUT2D eigenvalue weighted by atomic mass is 16.4. The molecule has 0 fully saturated rings. The molecule has 176 valence electrons. The highest BCUT2D eigenvalue weighted by Crippen LogP contribution is 2.11. The number of carbonyl (C=O) groups excluding carboxylic acids is 3. The number of carbonyl (C=O) groups is 4. The molecule has 0 saturated heterocycles. The van der Waals surface area contributed by atoms with Gasteiger partial charge in [-0.15, -0.1) is 0 Å². The second-order valence-corrected chi connectivity index (χ2v) is 7.57. The van der Waals surface area contributed by atoms with Crippen molar-refractivity contribution in [1.82, 2.24) is 16.0 Å². The van der Waals surface area contributed by atoms with Crippen LogP contribution in [0.2, 0.25) is 0 Å². The van der Waals surface area contributed by atoms with E-state index in [2.05, 4.69) is 16.0 Å². The van der Waals surface area contributed by atoms with Crippen LogP contribution < -0.4 is 21.7 Å². The van der Waals surface area contributed by atoms with Gasteiger partial charge in [0, 0.05) is 6.42 Å². The zero-order chi connectivity index (χ0) is 24.4. The van der Waals surface area contributed by atoms with Gasteiger partial charge in [0.1, 0.15) is 17.8 Å². The maximum atomic E-state index is 12.3. The fraction of sp³-hybridized carbons (Fsp3) is 0.304. The van der Waals surface area contributed by atoms with Crippen LogP contribution in [0.4, 0.5) is 0 Å². The molecule has 0 aliphatic carbocycles. The van der Waals surface area contributed by atoms with Gasteiger partial charge >= 0.3 is 5.97 Å². The first-order valence-electron chi connectivity index (χ1n) is 10.3. The molecule has 0 saturated carbocycles. The third kappa shape index (κ3) is 8.62. The van der Waals surface area contributed by atoms with Gasteiger partial charge < -0.3 is 31.9 Å². The molecule has 0 spiro atoms. The first kappa shape index (κ1) is 25.3. The summed E-state index contributed by atoms with van der Waals surface area (Å²) in [6.07, 6.45) is 0.308. The number of nitrogens with two attached hydrogens (primary N) is 1. The number of phenols is 1. The largest absolute Gasteiger partial charge is 0.508 e. The Morgan fingerprint density at radius 3 is 2.09 bits per heavy atom. The molecule has 2 aromatic carbocycles. The number of hydrogen-bond donors (Lipinski definition) is 6. The molecule has 0 aliphatic heterocycles. The van der Waals surface area contributed by atoms with Crippen molar-refractivity contribution in [3.8, 4) is 5.75 Å². The molecule has 2 aromatic rings. The van der Waals surface area contributed by atoms with Gasteiger partial charge in [-0.3, -0.25) is 14.4 Å². The van der Waals surface area contributed by atoms with E-state index < -0.39 is 48.4 Å². The Morgan fingerprint density at radius 2 is 1.48 bits per heavy atom. The van der Waals surface area contributed by atoms with Crippen LogP contribution in [0.1, 0.15) is 18.1 Å². The normalized spacial score (nSPS) is 13.3. The lowest BCUT2D eigenvalue weighted by molar-refractivity contribution is -0.141. The summed E-state index contributed by atoms with van der Waals surface area (Å²) in [5.41, 5.74) is 7.37. The molecule has 7 N–H and O–H groups in total. The summed E-state index contributed by atoms with van der Waals surface area (Å²) in [5, 5.41) is 25.9. The number of rotatable bonds is 11. The number of carboxylic acid groups (broad SMARTS) is 1. The van der Waals surface area contributed by atoms with Crippen LogP contribution in [0, 0.1) is 0 Å². The molecular formula is C23H28N4O6. The Balaban J connectivity index is 1.78. The molecular weight excluding hydrogens is 428 g/mol. The van der Waals surface area contributed by atoms with Crippen molar-refractivity contribution in [2.75, 3.05) is 6.54 Å². The molecule has 10 nitrogen and oxygen atoms in total. The van der Waals surface area contributed by atoms with Gasteiger partial charge in [0.15, 0.2) is 0 Å². The third-order valence-electron chi connectivity index (χ3n) is 4.82. The van der Waals surface area contributed by atoms with E-state index in [-0.39, 0.29) is 18.6 Å². The Hall–Kier alpha value is -3.92. The molecule has 33 heavy (non-hydrogen) atoms. The van der Waals surface area contributed by atoms with Crippen LogP contribution >= 0.6 is 0 Å². The number of nitrogens with one attached hydrogen (secondary N) is 3. The predicted molar refractivity (Wildman–Crippen MR) is 120 cm³/mol. The van der Waals surface area contributed by atoms with E-state index in [1.54, 1.807) is 42.5 Å². The van der Waals surface area contributed by atoms with Crippen LogP contribution in [0.5, 0.6) is 5.75 Å². The van der Waals surface area contributed by atoms with Crippen LogP contribution in [0.25, 0.3) is 0 Å². The van der Waals surface area contributed by atoms with Crippen LogP contribution in [0.3, 0.4) is 0 Å². The van der Waals surface area contributed by atoms with E-state index >= 15 is 0 Å². The van der Waals surface area contributed by atoms with Crippen molar-refractivity contribution in [2.45, 2.75) is 37.9 Å². The first-order chi connectivity index (χ1) is 15.7. The van der Waals surface area contributed by atoms with E-state index in [1.807, 2.05) is 0 Å². The summed E-state index contributed by atoms with van der Waals surface area (Å²) in [4.78, 5) is 48.0. The maximum Gasteiger partial charge on any atom is 0.326 e. The molecule has 0 radical (unpaired) electrons. The van der Waals surface area contributed by atoms with Gasteiger partial charge in [-0.05, 0) is 36.6 Å². The van der Waals surface area contributed by atoms with Crippen molar-refractivity contribution < 1.29 is 29.4 Å². The van der Waals surface area contributed by atoms with Gasteiger partial charge in [-0.2, -0.15) is 0 Å². The minimum Gasteiger partial charge on any atom is -0.508 e. The summed E-state index contributed by atoms with van der Waals surface area (Å²) in [6.45, 7) is 0.991. The van der Waals surface area contributed by atoms with Crippen molar-refractivity contribution in [1.29, 1.82) is 0 Å².